The molecule has 0 atom stereocenters. The second-order valence-corrected chi connectivity index (χ2v) is 16.4. The van der Waals surface area contributed by atoms with Crippen LogP contribution in [-0.2, 0) is 26.2 Å². The zero-order valence-corrected chi connectivity index (χ0v) is 17.2. The summed E-state index contributed by atoms with van der Waals surface area (Å²) in [6.07, 6.45) is 7.56. The van der Waals surface area contributed by atoms with Crippen LogP contribution in [0.3, 0.4) is 0 Å². The Labute approximate surface area is 135 Å². The van der Waals surface area contributed by atoms with Gasteiger partial charge in [0.1, 0.15) is 0 Å². The second kappa shape index (κ2) is 11.5. The normalized spacial score (nSPS) is 11.9. The first-order valence-electron chi connectivity index (χ1n) is 4.96. The summed E-state index contributed by atoms with van der Waals surface area (Å²) < 4.78 is 0. The molecule has 0 nitrogen and oxygen atoms in total. The molecule has 0 fully saturated rings. The fourth-order valence-corrected chi connectivity index (χ4v) is 2.06. The Bertz CT molecular complexity index is 203. The minimum atomic E-state index is -1.00. The summed E-state index contributed by atoms with van der Waals surface area (Å²) in [5, 5.41) is 0. The standard InChI is InChI=1S/C11H23Si2.2ClH.Zr/c1-12(2,3)10-8-7-9-11-13(4,5)6;;;/h8-10H,11H2,1-6H3;2*1H;/q-1;;;+3/p-2/b10-8+;;;. The Morgan fingerprint density at radius 2 is 1.38 bits per heavy atom. The summed E-state index contributed by atoms with van der Waals surface area (Å²) in [5.74, 6) is 0. The van der Waals surface area contributed by atoms with E-state index in [9.17, 15) is 0 Å². The van der Waals surface area contributed by atoms with Gasteiger partial charge >= 0.3 is 26.2 Å². The number of hydrogen-bond acceptors (Lipinski definition) is 0. The third-order valence-corrected chi connectivity index (χ3v) is 4.11. The van der Waals surface area contributed by atoms with Crippen LogP contribution in [0.2, 0.25) is 45.3 Å². The smallest absolute Gasteiger partial charge is 1.00 e. The van der Waals surface area contributed by atoms with Crippen molar-refractivity contribution in [2.75, 3.05) is 0 Å². The van der Waals surface area contributed by atoms with Gasteiger partial charge in [0.05, 0.1) is 0 Å². The van der Waals surface area contributed by atoms with Gasteiger partial charge in [0.2, 0.25) is 0 Å². The summed E-state index contributed by atoms with van der Waals surface area (Å²) >= 11 is 0. The topological polar surface area (TPSA) is 0 Å². The van der Waals surface area contributed by atoms with Crippen LogP contribution in [0.15, 0.2) is 17.9 Å². The maximum Gasteiger partial charge on any atom is 3.00 e. The molecule has 0 aromatic rings. The van der Waals surface area contributed by atoms with Crippen LogP contribution in [0, 0.1) is 6.08 Å². The van der Waals surface area contributed by atoms with E-state index in [-0.39, 0.29) is 51.0 Å². The first-order valence-corrected chi connectivity index (χ1v) is 12.2. The van der Waals surface area contributed by atoms with Crippen molar-refractivity contribution in [2.45, 2.75) is 45.3 Å². The molecule has 93 valence electrons. The zero-order chi connectivity index (χ0) is 10.5. The van der Waals surface area contributed by atoms with Crippen LogP contribution in [0.25, 0.3) is 0 Å². The van der Waals surface area contributed by atoms with Crippen molar-refractivity contribution >= 4 is 16.1 Å². The van der Waals surface area contributed by atoms with Crippen molar-refractivity contribution in [1.29, 1.82) is 0 Å². The van der Waals surface area contributed by atoms with Gasteiger partial charge < -0.3 is 24.8 Å². The van der Waals surface area contributed by atoms with Gasteiger partial charge in [-0.1, -0.05) is 45.3 Å². The van der Waals surface area contributed by atoms with Crippen LogP contribution >= 0.6 is 0 Å². The predicted octanol–water partition coefficient (Wildman–Crippen LogP) is -1.88. The van der Waals surface area contributed by atoms with E-state index in [1.54, 1.807) is 0 Å². The van der Waals surface area contributed by atoms with Crippen molar-refractivity contribution in [1.82, 2.24) is 0 Å². The van der Waals surface area contributed by atoms with Crippen LogP contribution in [0.1, 0.15) is 0 Å². The first-order chi connectivity index (χ1) is 5.71. The molecule has 0 N–H and O–H groups in total. The molecule has 0 aliphatic rings. The third kappa shape index (κ3) is 24.6. The van der Waals surface area contributed by atoms with Gasteiger partial charge in [0, 0.05) is 8.07 Å². The Kier molecular flexibility index (Phi) is 18.7. The molecule has 1 radical (unpaired) electrons. The molecule has 0 amide bonds. The van der Waals surface area contributed by atoms with Crippen molar-refractivity contribution in [3.05, 3.63) is 23.9 Å². The van der Waals surface area contributed by atoms with E-state index < -0.39 is 16.1 Å². The molecule has 0 rings (SSSR count). The molecule has 0 spiro atoms. The minimum Gasteiger partial charge on any atom is -1.00 e. The monoisotopic (exact) mass is 371 g/mol. The fourth-order valence-electron chi connectivity index (χ4n) is 0.731. The number of rotatable bonds is 4. The number of halogens is 2. The minimum absolute atomic E-state index is 0. The molecule has 5 heteroatoms. The van der Waals surface area contributed by atoms with Crippen molar-refractivity contribution in [2.24, 2.45) is 0 Å². The van der Waals surface area contributed by atoms with Gasteiger partial charge in [-0.3, -0.25) is 6.08 Å². The third-order valence-electron chi connectivity index (χ3n) is 1.51. The van der Waals surface area contributed by atoms with Crippen LogP contribution in [-0.4, -0.2) is 16.1 Å². The number of hydrogen-bond donors (Lipinski definition) is 0. The molecule has 0 saturated carbocycles. The van der Waals surface area contributed by atoms with E-state index in [1.807, 2.05) is 0 Å². The summed E-state index contributed by atoms with van der Waals surface area (Å²) in [5.41, 5.74) is 2.33. The van der Waals surface area contributed by atoms with Crippen molar-refractivity contribution in [3.63, 3.8) is 0 Å². The fraction of sp³-hybridized carbons (Fsp3) is 0.636. The molecule has 0 aliphatic carbocycles. The Morgan fingerprint density at radius 1 is 0.938 bits per heavy atom. The molecule has 0 aromatic carbocycles. The molecule has 0 saturated heterocycles. The summed E-state index contributed by atoms with van der Waals surface area (Å²) in [6.45, 7) is 14.2. The van der Waals surface area contributed by atoms with Crippen molar-refractivity contribution < 1.29 is 51.0 Å². The van der Waals surface area contributed by atoms with Gasteiger partial charge in [-0.2, -0.15) is 6.08 Å². The quantitative estimate of drug-likeness (QED) is 0.308. The average Bonchev–Trinajstić information content (AvgIpc) is 1.81. The summed E-state index contributed by atoms with van der Waals surface area (Å²) in [7, 11) is -1.90. The molecular formula is C11H23Cl2Si2Zr. The van der Waals surface area contributed by atoms with E-state index >= 15 is 0 Å². The molecule has 0 unspecified atom stereocenters. The summed E-state index contributed by atoms with van der Waals surface area (Å²) in [6, 6.07) is 1.24. The van der Waals surface area contributed by atoms with E-state index in [0.717, 1.165) is 0 Å². The Hall–Kier alpha value is 1.38. The molecule has 16 heavy (non-hydrogen) atoms. The van der Waals surface area contributed by atoms with Gasteiger partial charge in [-0.05, 0) is 8.07 Å². The Balaban J connectivity index is -0.000000240. The van der Waals surface area contributed by atoms with E-state index in [2.05, 4.69) is 63.2 Å². The zero-order valence-electron chi connectivity index (χ0n) is 11.2. The SMILES string of the molecule is C[Si](C)(C)/C=C/[C-]=CC[Si](C)(C)C.[Cl-].[Cl-].[Zr+3]. The van der Waals surface area contributed by atoms with Gasteiger partial charge in [-0.25, -0.2) is 11.8 Å². The largest absolute Gasteiger partial charge is 3.00 e. The molecule has 0 aliphatic heterocycles. The molecule has 0 bridgehead atoms. The van der Waals surface area contributed by atoms with E-state index in [4.69, 9.17) is 0 Å². The molecule has 0 heterocycles. The summed E-state index contributed by atoms with van der Waals surface area (Å²) in [4.78, 5) is 0. The van der Waals surface area contributed by atoms with E-state index in [0.29, 0.717) is 0 Å². The predicted molar refractivity (Wildman–Crippen MR) is 68.5 cm³/mol. The molecular weight excluding hydrogens is 350 g/mol. The Morgan fingerprint density at radius 3 is 1.69 bits per heavy atom. The molecule has 0 aromatic heterocycles. The number of allylic oxidation sites excluding steroid dienone is 3. The van der Waals surface area contributed by atoms with Gasteiger partial charge in [0.15, 0.2) is 0 Å². The maximum atomic E-state index is 3.26. The van der Waals surface area contributed by atoms with E-state index in [1.165, 1.54) is 6.04 Å². The van der Waals surface area contributed by atoms with Crippen molar-refractivity contribution in [3.8, 4) is 0 Å². The maximum absolute atomic E-state index is 3.26. The van der Waals surface area contributed by atoms with Crippen LogP contribution in [0.5, 0.6) is 0 Å². The first kappa shape index (κ1) is 26.0. The second-order valence-electron chi connectivity index (χ2n) is 5.83. The van der Waals surface area contributed by atoms with Crippen LogP contribution in [0.4, 0.5) is 0 Å². The van der Waals surface area contributed by atoms with Crippen LogP contribution < -0.4 is 24.8 Å². The van der Waals surface area contributed by atoms with Gasteiger partial charge in [0.25, 0.3) is 0 Å². The average molecular weight is 374 g/mol. The van der Waals surface area contributed by atoms with Gasteiger partial charge in [-0.15, -0.1) is 0 Å².